The first-order chi connectivity index (χ1) is 73.5. The average molecular weight is 2170 g/mol. The number of aryl methyl sites for hydroxylation is 2. The van der Waals surface area contributed by atoms with Crippen molar-refractivity contribution in [1.29, 1.82) is 0 Å². The number of thioether (sulfide) groups is 1. The maximum Gasteiger partial charge on any atom is 0.315 e. The molecule has 4 aromatic carbocycles. The van der Waals surface area contributed by atoms with Crippen molar-refractivity contribution in [3.05, 3.63) is 96.1 Å². The Kier molecular flexibility index (Phi) is 75.2. The number of carbonyl (C=O) groups is 6. The summed E-state index contributed by atoms with van der Waals surface area (Å²) < 4.78 is 154. The van der Waals surface area contributed by atoms with Crippen molar-refractivity contribution in [3.63, 3.8) is 0 Å². The van der Waals surface area contributed by atoms with Gasteiger partial charge in [-0.3, -0.25) is 28.4 Å². The van der Waals surface area contributed by atoms with Gasteiger partial charge in [0.2, 0.25) is 40.6 Å². The minimum Gasteiger partial charge on any atom is -0.378 e. The Morgan fingerprint density at radius 3 is 0.899 bits per heavy atom. The number of halogens is 1. The van der Waals surface area contributed by atoms with Crippen LogP contribution in [-0.2, 0) is 151 Å². The van der Waals surface area contributed by atoms with Crippen LogP contribution in [0.5, 0.6) is 0 Å². The number of nitrogens with one attached hydrogen (secondary N) is 7. The molecule has 0 aliphatic carbocycles. The summed E-state index contributed by atoms with van der Waals surface area (Å²) in [6.45, 7) is 27.2. The third kappa shape index (κ3) is 62.3. The fourth-order valence-electron chi connectivity index (χ4n) is 14.2. The molecular weight excluding hydrogens is 2000 g/mol. The number of nitrogens with zero attached hydrogens (tertiary/aromatic N) is 4. The lowest BCUT2D eigenvalue weighted by atomic mass is 10.0. The fraction of sp³-hybridized carbons (Fsp3) is 0.689. The Morgan fingerprint density at radius 1 is 0.362 bits per heavy atom. The molecule has 3 atom stereocenters. The van der Waals surface area contributed by atoms with Crippen LogP contribution in [0.2, 0.25) is 0 Å². The highest BCUT2D eigenvalue weighted by Gasteiger charge is 2.42. The summed E-state index contributed by atoms with van der Waals surface area (Å²) in [6, 6.07) is 30.1. The van der Waals surface area contributed by atoms with Crippen LogP contribution in [0.4, 0.5) is 20.6 Å². The minimum absolute atomic E-state index is 0.0354. The SMILES string of the molecule is Cc1ccc2c(c1)sc(-c1ccc(N(C)C)cc1)[n+]2CCNC(=O)COCC(=O)NCCOCCOCCOCCOCCOCCOCCOCCOCCOCCOCCOCCN.Cc1ccc2c(c1)sc(-c1ccc(N(C)C)cc1)[n+]2CCNC(=O)COCC(=O)NCCOCCOCCOCCOCCOCCOCCOCCOCCOCCOCCOCCNC(=O)CCCCC1SC[C@H]2NC(=O)N[C@@H]12.[2H]CF. The van der Waals surface area contributed by atoms with Crippen LogP contribution < -0.4 is 61.9 Å². The molecule has 0 bridgehead atoms. The highest BCUT2D eigenvalue weighted by Crippen LogP contribution is 2.35. The van der Waals surface area contributed by atoms with E-state index in [-0.39, 0.29) is 74.1 Å². The van der Waals surface area contributed by atoms with Crippen LogP contribution in [0.1, 0.15) is 38.2 Å². The summed E-state index contributed by atoms with van der Waals surface area (Å²) in [5.74, 6) is -0.232. The van der Waals surface area contributed by atoms with Crippen LogP contribution in [0.15, 0.2) is 84.9 Å². The normalized spacial score (nSPS) is 13.7. The number of fused-ring (bicyclic) bond motifs is 3. The molecule has 0 spiro atoms. The van der Waals surface area contributed by atoms with Crippen molar-refractivity contribution < 1.29 is 157 Å². The lowest BCUT2D eigenvalue weighted by Crippen LogP contribution is -2.42. The van der Waals surface area contributed by atoms with Crippen LogP contribution >= 0.6 is 34.4 Å². The van der Waals surface area contributed by atoms with Gasteiger partial charge in [-0.05, 0) is 98.5 Å². The van der Waals surface area contributed by atoms with E-state index in [1.54, 1.807) is 22.7 Å². The van der Waals surface area contributed by atoms with Crippen molar-refractivity contribution in [1.82, 2.24) is 37.2 Å². The molecule has 42 nitrogen and oxygen atoms in total. The second-order valence-electron chi connectivity index (χ2n) is 33.8. The quantitative estimate of drug-likeness (QED) is 0.0146. The van der Waals surface area contributed by atoms with Crippen molar-refractivity contribution in [3.8, 4) is 21.1 Å². The highest BCUT2D eigenvalue weighted by atomic mass is 32.2. The molecule has 6 aromatic rings. The number of aromatic nitrogens is 2. The van der Waals surface area contributed by atoms with E-state index in [4.69, 9.17) is 121 Å². The van der Waals surface area contributed by atoms with Gasteiger partial charge in [0.1, 0.15) is 35.8 Å². The van der Waals surface area contributed by atoms with E-state index in [9.17, 15) is 33.2 Å². The smallest absolute Gasteiger partial charge is 0.315 e. The first-order valence-electron chi connectivity index (χ1n) is 52.0. The molecule has 149 heavy (non-hydrogen) atoms. The summed E-state index contributed by atoms with van der Waals surface area (Å²) in [7, 11) is 7.08. The zero-order valence-corrected chi connectivity index (χ0v) is 90.8. The Morgan fingerprint density at radius 2 is 0.624 bits per heavy atom. The van der Waals surface area contributed by atoms with Crippen molar-refractivity contribution in [2.45, 2.75) is 70.0 Å². The van der Waals surface area contributed by atoms with E-state index in [1.807, 2.05) is 40.0 Å². The number of nitrogens with two attached hydrogens (primary N) is 1. The van der Waals surface area contributed by atoms with Crippen LogP contribution in [0.25, 0.3) is 41.6 Å². The minimum atomic E-state index is -1.00. The number of thiazole rings is 2. The largest absolute Gasteiger partial charge is 0.378 e. The third-order valence-corrected chi connectivity index (χ3v) is 25.6. The number of carbonyl (C=O) groups excluding carboxylic acids is 6. The molecule has 0 radical (unpaired) electrons. The third-order valence-electron chi connectivity index (χ3n) is 21.7. The first kappa shape index (κ1) is 128. The average Bonchev–Trinajstić information content (AvgIpc) is 1.64. The fourth-order valence-corrected chi connectivity index (χ4v) is 18.3. The number of urea groups is 1. The number of amides is 7. The lowest BCUT2D eigenvalue weighted by molar-refractivity contribution is -0.654. The van der Waals surface area contributed by atoms with Gasteiger partial charge in [-0.2, -0.15) is 20.9 Å². The van der Waals surface area contributed by atoms with Gasteiger partial charge in [0.15, 0.2) is 13.1 Å². The Labute approximate surface area is 891 Å². The number of benzene rings is 4. The van der Waals surface area contributed by atoms with Gasteiger partial charge < -0.3 is 166 Å². The summed E-state index contributed by atoms with van der Waals surface area (Å²) >= 11 is 5.37. The molecule has 4 heterocycles. The summed E-state index contributed by atoms with van der Waals surface area (Å²) in [6.07, 6.45) is 3.30. The molecule has 46 heteroatoms. The Bertz CT molecular complexity index is 4450. The predicted molar refractivity (Wildman–Crippen MR) is 568 cm³/mol. The van der Waals surface area contributed by atoms with Crippen molar-refractivity contribution in [2.75, 3.05) is 407 Å². The molecule has 8 rings (SSSR count). The molecule has 9 N–H and O–H groups in total. The molecule has 2 aliphatic heterocycles. The second-order valence-corrected chi connectivity index (χ2v) is 37.1. The number of rotatable bonds is 94. The summed E-state index contributed by atoms with van der Waals surface area (Å²) in [4.78, 5) is 77.1. The number of alkyl halides is 1. The molecule has 1 unspecified atom stereocenters. The molecule has 2 saturated heterocycles. The van der Waals surface area contributed by atoms with E-state index in [2.05, 4.69) is 155 Å². The van der Waals surface area contributed by atoms with Crippen molar-refractivity contribution >= 4 is 102 Å². The monoisotopic (exact) mass is 2170 g/mol. The van der Waals surface area contributed by atoms with Crippen molar-refractivity contribution in [2.24, 2.45) is 5.73 Å². The topological polar surface area (TPSA) is 448 Å². The zero-order chi connectivity index (χ0) is 107. The van der Waals surface area contributed by atoms with Gasteiger partial charge in [-0.1, -0.05) is 41.2 Å². The maximum absolute atomic E-state index is 12.5. The highest BCUT2D eigenvalue weighted by molar-refractivity contribution is 8.00. The van der Waals surface area contributed by atoms with Gasteiger partial charge in [0.25, 0.3) is 10.0 Å². The Hall–Kier alpha value is -7.84. The predicted octanol–water partition coefficient (Wildman–Crippen LogP) is 4.71. The maximum atomic E-state index is 12.5. The van der Waals surface area contributed by atoms with Gasteiger partial charge in [-0.15, -0.1) is 0 Å². The van der Waals surface area contributed by atoms with Gasteiger partial charge >= 0.3 is 6.03 Å². The second kappa shape index (κ2) is 87.5. The number of hydrogen-bond donors (Lipinski definition) is 8. The van der Waals surface area contributed by atoms with Gasteiger partial charge in [0.05, 0.1) is 336 Å². The number of ether oxygens (including phenoxy) is 24. The van der Waals surface area contributed by atoms with E-state index in [0.29, 0.717) is 355 Å². The first-order valence-corrected chi connectivity index (χ1v) is 54.0. The van der Waals surface area contributed by atoms with Gasteiger partial charge in [0, 0.05) is 95.3 Å². The van der Waals surface area contributed by atoms with E-state index >= 15 is 0 Å². The number of anilines is 2. The zero-order valence-electron chi connectivity index (χ0n) is 89.4. The Balaban J connectivity index is 0.000000455. The molecule has 2 aromatic heterocycles. The lowest BCUT2D eigenvalue weighted by Gasteiger charge is -2.16. The molecule has 0 saturated carbocycles. The van der Waals surface area contributed by atoms with Crippen LogP contribution in [0.3, 0.4) is 0 Å². The molecule has 2 fully saturated rings. The number of unbranched alkanes of at least 4 members (excludes halogenated alkanes) is 1. The number of hydrogen-bond acceptors (Lipinski definition) is 36. The van der Waals surface area contributed by atoms with E-state index in [0.717, 1.165) is 68.6 Å². The van der Waals surface area contributed by atoms with E-state index < -0.39 is 7.15 Å². The summed E-state index contributed by atoms with van der Waals surface area (Å²) in [5.41, 5.74) is 14.5. The molecular formula is C103H169FN12O30S3+2. The summed E-state index contributed by atoms with van der Waals surface area (Å²) in [5, 5.41) is 22.8. The molecule has 2 aliphatic rings. The van der Waals surface area contributed by atoms with Crippen LogP contribution in [-0.4, -0.2) is 450 Å². The van der Waals surface area contributed by atoms with Crippen LogP contribution in [0, 0.1) is 13.8 Å². The van der Waals surface area contributed by atoms with E-state index in [1.165, 1.54) is 20.5 Å². The molecule has 7 amide bonds. The molecule has 844 valence electrons. The van der Waals surface area contributed by atoms with Gasteiger partial charge in [-0.25, -0.2) is 4.79 Å². The standard InChI is InChI=1S/C56H89N7O16S2.C46H75N5O14S.CH3F/c1-44-8-13-48-50(40-44)81-55(45-9-11-46(12-10-45)62(2)3)63(48)17-14-57-52(65)41-79-42-53(66)59-16-19-69-21-23-71-25-27-73-29-31-75-33-35-77-37-39-78-38-36-76-34-32-74-30-28-72-26-24-70-22-20-68-18-15-58-51(64)7-5-4-6-49-54-47(43-80-49)60-56(67)61-54;1-39-4-9-42-43(36-39)66-46(40-5-7-41(8-6-40)50(2)3)51(42)13-11-48-44(52)37-65-38-45(53)49-12-15-55-17-19-57-21-23-59-25-27-61-29-31-63-33-35-64-34-32-62-30-28-60-26-24-58-22-20-56-18-16-54-14-10-47;1-2/h8-13,40,47,49,54H,4-7,14-39,41-43H2,1-3H3,(H4-,57,58,59,60,61,64,65,66,67);4-9,36H,10-35,37-38,47H2,1-3H3,(H-,48,49,52,53);1H3/p+2/t47-,49?,54-;;/m1../s1/i;;1D.